The van der Waals surface area contributed by atoms with Crippen LogP contribution >= 0.6 is 0 Å². The van der Waals surface area contributed by atoms with Crippen molar-refractivity contribution in [1.29, 1.82) is 0 Å². The van der Waals surface area contributed by atoms with Crippen LogP contribution in [0.1, 0.15) is 89.7 Å². The van der Waals surface area contributed by atoms with Crippen molar-refractivity contribution in [3.63, 3.8) is 0 Å². The maximum Gasteiger partial charge on any atom is 0.333 e. The maximum atomic E-state index is 11.8. The minimum atomic E-state index is -0.522. The van der Waals surface area contributed by atoms with Crippen molar-refractivity contribution in [1.82, 2.24) is 0 Å². The van der Waals surface area contributed by atoms with Gasteiger partial charge in [0.25, 0.3) is 0 Å². The fraction of sp³-hybridized carbons (Fsp3) is 0.392. The topological polar surface area (TPSA) is 101 Å². The van der Waals surface area contributed by atoms with Crippen molar-refractivity contribution in [2.45, 2.75) is 104 Å². The smallest absolute Gasteiger partial charge is 0.333 e. The summed E-state index contributed by atoms with van der Waals surface area (Å²) < 4.78 is 36.9. The molecule has 0 fully saturated rings. The monoisotopic (exact) mass is 800 g/mol. The van der Waals surface area contributed by atoms with E-state index < -0.39 is 18.2 Å². The van der Waals surface area contributed by atoms with Gasteiger partial charge in [-0.15, -0.1) is 0 Å². The molecule has 1 N–H and O–H groups in total. The van der Waals surface area contributed by atoms with E-state index in [1.165, 1.54) is 49.7 Å². The summed E-state index contributed by atoms with van der Waals surface area (Å²) >= 11 is 0. The number of carbonyl (C=O) groups excluding carboxylic acids is 1. The Kier molecular flexibility index (Phi) is 16.3. The van der Waals surface area contributed by atoms with Crippen LogP contribution in [0.3, 0.4) is 0 Å². The molecule has 0 spiro atoms. The van der Waals surface area contributed by atoms with Gasteiger partial charge in [-0.05, 0) is 99.4 Å². The van der Waals surface area contributed by atoms with Crippen molar-refractivity contribution >= 4 is 27.9 Å². The molecular formula is C51H60O8. The van der Waals surface area contributed by atoms with Gasteiger partial charge in [0.05, 0.1) is 19.3 Å². The van der Waals surface area contributed by atoms with Crippen LogP contribution in [0.15, 0.2) is 118 Å². The molecule has 2 aromatic heterocycles. The van der Waals surface area contributed by atoms with Crippen molar-refractivity contribution in [3.8, 4) is 34.1 Å². The molecule has 2 heterocycles. The van der Waals surface area contributed by atoms with E-state index in [0.717, 1.165) is 57.4 Å². The minimum absolute atomic E-state index is 0.173. The molecule has 0 saturated carbocycles. The summed E-state index contributed by atoms with van der Waals surface area (Å²) in [5.41, 5.74) is 6.58. The molecule has 0 bridgehead atoms. The van der Waals surface area contributed by atoms with E-state index in [2.05, 4.69) is 81.1 Å². The number of benzene rings is 4. The van der Waals surface area contributed by atoms with Crippen molar-refractivity contribution in [3.05, 3.63) is 120 Å². The van der Waals surface area contributed by atoms with Gasteiger partial charge in [0.1, 0.15) is 53.5 Å². The molecule has 0 radical (unpaired) electrons. The van der Waals surface area contributed by atoms with E-state index in [9.17, 15) is 9.90 Å². The average Bonchev–Trinajstić information content (AvgIpc) is 3.89. The molecule has 6 rings (SSSR count). The quantitative estimate of drug-likeness (QED) is 0.0347. The van der Waals surface area contributed by atoms with Crippen molar-refractivity contribution in [2.75, 3.05) is 26.4 Å². The fourth-order valence-electron chi connectivity index (χ4n) is 7.06. The molecule has 0 aliphatic heterocycles. The average molecular weight is 801 g/mol. The van der Waals surface area contributed by atoms with E-state index in [1.807, 2.05) is 36.4 Å². The van der Waals surface area contributed by atoms with Crippen LogP contribution in [0, 0.1) is 0 Å². The number of rotatable bonds is 25. The van der Waals surface area contributed by atoms with Crippen LogP contribution in [-0.4, -0.2) is 49.7 Å². The number of esters is 1. The minimum Gasteiger partial charge on any atom is -0.491 e. The number of hydrogen-bond acceptors (Lipinski definition) is 8. The SMILES string of the molecule is C=C(C)C(=O)OCCCCC(CO)OC(COc1ccc2cc(-c3ccc(CCCCC)cc3)oc2c1)COc1ccc2cc(-c3ccc(CCCCC)cc3)oc2c1. The van der Waals surface area contributed by atoms with Crippen molar-refractivity contribution in [2.24, 2.45) is 0 Å². The second-order valence-electron chi connectivity index (χ2n) is 15.5. The Morgan fingerprint density at radius 1 is 0.644 bits per heavy atom. The lowest BCUT2D eigenvalue weighted by Crippen LogP contribution is -2.34. The third kappa shape index (κ3) is 12.8. The Morgan fingerprint density at radius 2 is 1.15 bits per heavy atom. The molecule has 0 aliphatic rings. The first-order valence-corrected chi connectivity index (χ1v) is 21.4. The zero-order chi connectivity index (χ0) is 41.4. The zero-order valence-electron chi connectivity index (χ0n) is 35.0. The molecule has 8 heteroatoms. The van der Waals surface area contributed by atoms with Gasteiger partial charge in [-0.25, -0.2) is 4.79 Å². The second-order valence-corrected chi connectivity index (χ2v) is 15.5. The Hall–Kier alpha value is -5.31. The van der Waals surface area contributed by atoms with Crippen LogP contribution in [0.5, 0.6) is 11.5 Å². The molecule has 1 atom stereocenters. The lowest BCUT2D eigenvalue weighted by molar-refractivity contribution is -0.139. The highest BCUT2D eigenvalue weighted by molar-refractivity contribution is 5.87. The van der Waals surface area contributed by atoms with E-state index in [0.29, 0.717) is 36.3 Å². The molecule has 8 nitrogen and oxygen atoms in total. The van der Waals surface area contributed by atoms with Gasteiger partial charge >= 0.3 is 5.97 Å². The Bertz CT molecular complexity index is 2080. The highest BCUT2D eigenvalue weighted by Gasteiger charge is 2.20. The lowest BCUT2D eigenvalue weighted by atomic mass is 10.0. The normalized spacial score (nSPS) is 12.0. The first-order chi connectivity index (χ1) is 28.8. The highest BCUT2D eigenvalue weighted by Crippen LogP contribution is 2.32. The molecule has 0 amide bonds. The first kappa shape index (κ1) is 43.3. The summed E-state index contributed by atoms with van der Waals surface area (Å²) in [5.74, 6) is 2.49. The molecular weight excluding hydrogens is 741 g/mol. The Morgan fingerprint density at radius 3 is 1.61 bits per heavy atom. The highest BCUT2D eigenvalue weighted by atomic mass is 16.6. The molecule has 6 aromatic rings. The molecule has 4 aromatic carbocycles. The third-order valence-electron chi connectivity index (χ3n) is 10.6. The third-order valence-corrected chi connectivity index (χ3v) is 10.6. The number of hydrogen-bond donors (Lipinski definition) is 1. The number of ether oxygens (including phenoxy) is 4. The van der Waals surface area contributed by atoms with Gasteiger partial charge in [-0.2, -0.15) is 0 Å². The summed E-state index contributed by atoms with van der Waals surface area (Å²) in [7, 11) is 0. The molecule has 1 unspecified atom stereocenters. The molecule has 59 heavy (non-hydrogen) atoms. The van der Waals surface area contributed by atoms with Gasteiger partial charge in [0.15, 0.2) is 0 Å². The van der Waals surface area contributed by atoms with Crippen LogP contribution in [-0.2, 0) is 27.1 Å². The summed E-state index contributed by atoms with van der Waals surface area (Å²) in [5, 5.41) is 12.3. The van der Waals surface area contributed by atoms with Gasteiger partial charge in [0, 0.05) is 39.6 Å². The van der Waals surface area contributed by atoms with Crippen LogP contribution in [0.2, 0.25) is 0 Å². The largest absolute Gasteiger partial charge is 0.491 e. The number of aliphatic hydroxyl groups is 1. The van der Waals surface area contributed by atoms with Gasteiger partial charge in [0.2, 0.25) is 0 Å². The van der Waals surface area contributed by atoms with E-state index in [-0.39, 0.29) is 26.4 Å². The number of carbonyl (C=O) groups is 1. The predicted molar refractivity (Wildman–Crippen MR) is 236 cm³/mol. The van der Waals surface area contributed by atoms with Gasteiger partial charge in [-0.1, -0.05) is 94.6 Å². The summed E-state index contributed by atoms with van der Waals surface area (Å²) in [4.78, 5) is 11.8. The zero-order valence-corrected chi connectivity index (χ0v) is 35.0. The number of unbranched alkanes of at least 4 members (excludes halogenated alkanes) is 5. The molecule has 0 aliphatic carbocycles. The first-order valence-electron chi connectivity index (χ1n) is 21.4. The van der Waals surface area contributed by atoms with Crippen LogP contribution < -0.4 is 9.47 Å². The van der Waals surface area contributed by atoms with Gasteiger partial charge in [-0.3, -0.25) is 0 Å². The lowest BCUT2D eigenvalue weighted by Gasteiger charge is -2.24. The summed E-state index contributed by atoms with van der Waals surface area (Å²) in [6.45, 7) is 10.1. The predicted octanol–water partition coefficient (Wildman–Crippen LogP) is 12.5. The van der Waals surface area contributed by atoms with E-state index in [1.54, 1.807) is 6.92 Å². The number of aryl methyl sites for hydroxylation is 2. The van der Waals surface area contributed by atoms with E-state index in [4.69, 9.17) is 27.8 Å². The van der Waals surface area contributed by atoms with E-state index >= 15 is 0 Å². The van der Waals surface area contributed by atoms with Gasteiger partial charge < -0.3 is 32.9 Å². The number of aliphatic hydroxyl groups excluding tert-OH is 1. The molecule has 312 valence electrons. The van der Waals surface area contributed by atoms with Crippen molar-refractivity contribution < 1.29 is 37.7 Å². The molecule has 0 saturated heterocycles. The second kappa shape index (κ2) is 22.2. The standard InChI is InChI=1S/C51H60O8/c1-5-7-9-13-37-16-20-39(21-17-37)47-29-41-24-26-43(31-49(41)58-47)55-34-46(57-45(33-52)15-11-12-28-54-51(53)36(3)4)35-56-44-27-25-42-30-48(59-50(42)32-44)40-22-18-38(19-23-40)14-10-8-6-2/h16-27,29-32,45-46,52H,3,5-15,28,33-35H2,1-2,4H3. The number of fused-ring (bicyclic) bond motifs is 2. The van der Waals surface area contributed by atoms with Crippen LogP contribution in [0.25, 0.3) is 44.6 Å². The Balaban J connectivity index is 1.10. The summed E-state index contributed by atoms with van der Waals surface area (Å²) in [6.07, 6.45) is 10.4. The maximum absolute atomic E-state index is 11.8. The fourth-order valence-corrected chi connectivity index (χ4v) is 7.06. The van der Waals surface area contributed by atoms with Crippen LogP contribution in [0.4, 0.5) is 0 Å². The Labute approximate surface area is 349 Å². The summed E-state index contributed by atoms with van der Waals surface area (Å²) in [6, 6.07) is 33.0. The number of furan rings is 2.